The number of rotatable bonds is 19. The lowest BCUT2D eigenvalue weighted by molar-refractivity contribution is -0.148. The molecule has 1 saturated heterocycles. The second-order valence-electron chi connectivity index (χ2n) is 11.2. The lowest BCUT2D eigenvalue weighted by Crippen LogP contribution is -2.39. The van der Waals surface area contributed by atoms with E-state index in [0.717, 1.165) is 43.5 Å². The number of carbonyl (C=O) groups is 2. The number of amides is 1. The van der Waals surface area contributed by atoms with Crippen molar-refractivity contribution in [1.82, 2.24) is 29.3 Å². The first-order valence-corrected chi connectivity index (χ1v) is 18.6. The summed E-state index contributed by atoms with van der Waals surface area (Å²) in [4.78, 5) is 68.8. The van der Waals surface area contributed by atoms with Crippen molar-refractivity contribution in [3.8, 4) is 0 Å². The van der Waals surface area contributed by atoms with E-state index in [1.807, 2.05) is 13.8 Å². The van der Waals surface area contributed by atoms with Crippen molar-refractivity contribution in [2.24, 2.45) is 5.92 Å². The average molecular weight is 726 g/mol. The van der Waals surface area contributed by atoms with Crippen molar-refractivity contribution >= 4 is 44.5 Å². The molecule has 3 rings (SSSR count). The molecule has 7 atom stereocenters. The maximum Gasteiger partial charge on any atom is 0.415 e. The SMILES string of the molecule is CCCC(CCC)COC(=O)[C@H](C)N(P(=O)(O)OCCNC(=O)CC)P(=O)(O)OC[C@H]1O[C@@H](n2cnc3c(=O)[nH]c(N)nc32)[C@H](O)[C@@H]1O. The summed E-state index contributed by atoms with van der Waals surface area (Å²) in [5.74, 6) is -1.75. The van der Waals surface area contributed by atoms with Crippen LogP contribution in [0.5, 0.6) is 0 Å². The van der Waals surface area contributed by atoms with Crippen molar-refractivity contribution in [2.45, 2.75) is 90.4 Å². The summed E-state index contributed by atoms with van der Waals surface area (Å²) in [5.41, 5.74) is 4.71. The zero-order valence-electron chi connectivity index (χ0n) is 27.1. The quantitative estimate of drug-likeness (QED) is 0.0590. The number of nitrogens with zero attached hydrogens (tertiary/aromatic N) is 4. The Bertz CT molecular complexity index is 1550. The largest absolute Gasteiger partial charge is 0.464 e. The maximum absolute atomic E-state index is 13.6. The Kier molecular flexibility index (Phi) is 14.3. The van der Waals surface area contributed by atoms with E-state index in [2.05, 4.69) is 20.3 Å². The van der Waals surface area contributed by atoms with Crippen LogP contribution >= 0.6 is 15.5 Å². The lowest BCUT2D eigenvalue weighted by atomic mass is 9.99. The van der Waals surface area contributed by atoms with Gasteiger partial charge in [-0.1, -0.05) is 38.1 Å². The summed E-state index contributed by atoms with van der Waals surface area (Å²) < 4.78 is 49.3. The van der Waals surface area contributed by atoms with Crippen LogP contribution in [0.15, 0.2) is 11.1 Å². The molecule has 1 fully saturated rings. The summed E-state index contributed by atoms with van der Waals surface area (Å²) in [7, 11) is -10.8. The van der Waals surface area contributed by atoms with Crippen LogP contribution in [0.25, 0.3) is 11.2 Å². The third kappa shape index (κ3) is 9.68. The number of nitrogen functional groups attached to an aromatic ring is 1. The fourth-order valence-corrected chi connectivity index (χ4v) is 8.54. The van der Waals surface area contributed by atoms with Crippen molar-refractivity contribution in [3.63, 3.8) is 0 Å². The number of aromatic amines is 1. The van der Waals surface area contributed by atoms with Crippen molar-refractivity contribution in [1.29, 1.82) is 0 Å². The van der Waals surface area contributed by atoms with Crippen LogP contribution in [0.4, 0.5) is 5.95 Å². The summed E-state index contributed by atoms with van der Waals surface area (Å²) in [6.45, 7) is 4.79. The second-order valence-corrected chi connectivity index (χ2v) is 14.9. The molecule has 2 aromatic rings. The normalized spacial score (nSPS) is 22.9. The molecule has 0 aliphatic carbocycles. The molecule has 0 radical (unpaired) electrons. The van der Waals surface area contributed by atoms with Gasteiger partial charge in [0.05, 0.1) is 26.1 Å². The van der Waals surface area contributed by atoms with E-state index >= 15 is 0 Å². The van der Waals surface area contributed by atoms with Gasteiger partial charge in [-0.05, 0) is 25.7 Å². The van der Waals surface area contributed by atoms with E-state index in [1.54, 1.807) is 6.92 Å². The Morgan fingerprint density at radius 3 is 2.42 bits per heavy atom. The number of imidazole rings is 1. The number of esters is 1. The number of hydrogen-bond donors (Lipinski definition) is 7. The van der Waals surface area contributed by atoms with Crippen LogP contribution in [0.1, 0.15) is 66.0 Å². The lowest BCUT2D eigenvalue weighted by Gasteiger charge is -2.33. The number of hydrogen-bond acceptors (Lipinski definition) is 14. The fraction of sp³-hybridized carbons (Fsp3) is 0.731. The average Bonchev–Trinajstić information content (AvgIpc) is 3.56. The molecule has 0 spiro atoms. The van der Waals surface area contributed by atoms with E-state index in [9.17, 15) is 43.5 Å². The van der Waals surface area contributed by atoms with Gasteiger partial charge in [0.2, 0.25) is 11.9 Å². The molecule has 8 N–H and O–H groups in total. The van der Waals surface area contributed by atoms with E-state index in [-0.39, 0.29) is 53.0 Å². The highest BCUT2D eigenvalue weighted by Gasteiger charge is 2.52. The van der Waals surface area contributed by atoms with Crippen LogP contribution in [-0.4, -0.2) is 107 Å². The maximum atomic E-state index is 13.6. The minimum absolute atomic E-state index is 0.000801. The topological polar surface area (TPSA) is 291 Å². The highest BCUT2D eigenvalue weighted by Crippen LogP contribution is 2.65. The number of H-pyrrole nitrogens is 1. The van der Waals surface area contributed by atoms with Crippen LogP contribution in [0.3, 0.4) is 0 Å². The minimum Gasteiger partial charge on any atom is -0.464 e. The van der Waals surface area contributed by atoms with Gasteiger partial charge >= 0.3 is 21.5 Å². The highest BCUT2D eigenvalue weighted by atomic mass is 31.3. The number of fused-ring (bicyclic) bond motifs is 1. The van der Waals surface area contributed by atoms with Crippen LogP contribution in [0.2, 0.25) is 0 Å². The second kappa shape index (κ2) is 17.2. The monoisotopic (exact) mass is 725 g/mol. The molecular formula is C26H45N7O13P2. The molecule has 22 heteroatoms. The Morgan fingerprint density at radius 2 is 1.79 bits per heavy atom. The summed E-state index contributed by atoms with van der Waals surface area (Å²) in [6.07, 6.45) is -1.98. The molecule has 20 nitrogen and oxygen atoms in total. The molecule has 272 valence electrons. The van der Waals surface area contributed by atoms with E-state index in [0.29, 0.717) is 0 Å². The standard InChI is InChI=1S/C26H45N7O13P2/c1-5-8-16(9-6-2)12-43-25(38)15(4)33(47(39,40)44-11-10-28-18(34)7-3)48(41,42)45-13-17-20(35)21(36)24(46-17)32-14-29-19-22(32)30-26(27)31-23(19)37/h14-17,20-21,24,35-36H,5-13H2,1-4H3,(H,28,34)(H,39,40)(H,41,42)(H3,27,30,31,37)/t15-,17+,20+,21+,24+/m0/s1. The molecule has 2 aromatic heterocycles. The number of aliphatic hydroxyl groups excluding tert-OH is 2. The van der Waals surface area contributed by atoms with Crippen molar-refractivity contribution in [2.75, 3.05) is 32.1 Å². The third-order valence-electron chi connectivity index (χ3n) is 7.53. The smallest absolute Gasteiger partial charge is 0.415 e. The molecule has 1 aliphatic heterocycles. The zero-order valence-corrected chi connectivity index (χ0v) is 28.9. The van der Waals surface area contributed by atoms with Gasteiger partial charge in [-0.2, -0.15) is 4.98 Å². The molecule has 0 aromatic carbocycles. The van der Waals surface area contributed by atoms with Gasteiger partial charge in [0.15, 0.2) is 17.4 Å². The predicted molar refractivity (Wildman–Crippen MR) is 169 cm³/mol. The first-order chi connectivity index (χ1) is 22.6. The van der Waals surface area contributed by atoms with Crippen molar-refractivity contribution in [3.05, 3.63) is 16.7 Å². The zero-order chi connectivity index (χ0) is 35.8. The van der Waals surface area contributed by atoms with Crippen LogP contribution < -0.4 is 16.6 Å². The number of aromatic nitrogens is 4. The molecule has 3 heterocycles. The minimum atomic E-state index is -5.47. The summed E-state index contributed by atoms with van der Waals surface area (Å²) >= 11 is 0. The first-order valence-electron chi connectivity index (χ1n) is 15.5. The molecule has 1 aliphatic rings. The van der Waals surface area contributed by atoms with Crippen LogP contribution in [-0.2, 0) is 37.2 Å². The van der Waals surface area contributed by atoms with Gasteiger partial charge < -0.3 is 40.5 Å². The van der Waals surface area contributed by atoms with Gasteiger partial charge in [0.1, 0.15) is 24.4 Å². The van der Waals surface area contributed by atoms with E-state index in [1.165, 1.54) is 0 Å². The number of nitrogens with one attached hydrogen (secondary N) is 2. The Hall–Kier alpha value is -2.77. The number of ether oxygens (including phenoxy) is 2. The van der Waals surface area contributed by atoms with Gasteiger partial charge in [0, 0.05) is 13.0 Å². The van der Waals surface area contributed by atoms with Crippen LogP contribution in [0, 0.1) is 5.92 Å². The number of aliphatic hydroxyl groups is 2. The number of nitrogens with two attached hydrogens (primary N) is 1. The molecule has 1 amide bonds. The van der Waals surface area contributed by atoms with Crippen molar-refractivity contribution < 1.29 is 57.2 Å². The fourth-order valence-electron chi connectivity index (χ4n) is 5.12. The Labute approximate surface area is 276 Å². The number of anilines is 1. The van der Waals surface area contributed by atoms with Gasteiger partial charge in [-0.15, -0.1) is 0 Å². The predicted octanol–water partition coefficient (Wildman–Crippen LogP) is 0.531. The first kappa shape index (κ1) is 39.7. The molecule has 2 unspecified atom stereocenters. The summed E-state index contributed by atoms with van der Waals surface area (Å²) in [5, 5.41) is 23.8. The Morgan fingerprint density at radius 1 is 1.15 bits per heavy atom. The Balaban J connectivity index is 1.81. The van der Waals surface area contributed by atoms with Gasteiger partial charge in [-0.25, -0.2) is 14.1 Å². The molecular weight excluding hydrogens is 680 g/mol. The number of carbonyl (C=O) groups excluding carboxylic acids is 2. The van der Waals surface area contributed by atoms with E-state index < -0.39 is 70.8 Å². The summed E-state index contributed by atoms with van der Waals surface area (Å²) in [6, 6.07) is -1.86. The van der Waals surface area contributed by atoms with Gasteiger partial charge in [-0.3, -0.25) is 33.0 Å². The highest BCUT2D eigenvalue weighted by molar-refractivity contribution is 7.66. The molecule has 48 heavy (non-hydrogen) atoms. The van der Waals surface area contributed by atoms with E-state index in [4.69, 9.17) is 24.3 Å². The molecule has 0 saturated carbocycles. The third-order valence-corrected chi connectivity index (χ3v) is 11.6. The van der Waals surface area contributed by atoms with Gasteiger partial charge in [0.25, 0.3) is 5.56 Å². The molecule has 0 bridgehead atoms.